The molecule has 0 aromatic heterocycles. The smallest absolute Gasteiger partial charge is 0.303 e. The van der Waals surface area contributed by atoms with E-state index in [0.717, 1.165) is 0 Å². The fourth-order valence-electron chi connectivity index (χ4n) is 1.22. The average molecular weight is 304 g/mol. The lowest BCUT2D eigenvalue weighted by molar-refractivity contribution is -0.137. The molecule has 0 fully saturated rings. The van der Waals surface area contributed by atoms with E-state index < -0.39 is 17.7 Å². The Morgan fingerprint density at radius 1 is 1.35 bits per heavy atom. The van der Waals surface area contributed by atoms with Crippen molar-refractivity contribution in [2.75, 3.05) is 5.32 Å². The Balaban J connectivity index is 2.53. The fraction of sp³-hybridized carbons (Fsp3) is 0.273. The number of nitrogens with one attached hydrogen (secondary N) is 1. The van der Waals surface area contributed by atoms with Gasteiger partial charge in [0.25, 0.3) is 0 Å². The van der Waals surface area contributed by atoms with Gasteiger partial charge in [-0.3, -0.25) is 9.59 Å². The van der Waals surface area contributed by atoms with Gasteiger partial charge in [-0.25, -0.2) is 4.39 Å². The van der Waals surface area contributed by atoms with Crippen molar-refractivity contribution in [1.82, 2.24) is 0 Å². The molecule has 1 aromatic carbocycles. The topological polar surface area (TPSA) is 66.4 Å². The minimum atomic E-state index is -0.954. The first-order valence-corrected chi connectivity index (χ1v) is 5.75. The van der Waals surface area contributed by atoms with Crippen molar-refractivity contribution in [2.24, 2.45) is 0 Å². The number of carboxylic acid groups (broad SMARTS) is 1. The summed E-state index contributed by atoms with van der Waals surface area (Å²) in [5.41, 5.74) is 0.0767. The number of halogens is 2. The SMILES string of the molecule is O=C(O)CCCC(=O)Nc1c(F)cccc1Br. The van der Waals surface area contributed by atoms with Crippen LogP contribution in [-0.2, 0) is 9.59 Å². The van der Waals surface area contributed by atoms with E-state index in [1.807, 2.05) is 0 Å². The highest BCUT2D eigenvalue weighted by molar-refractivity contribution is 9.10. The second-order valence-corrected chi connectivity index (χ2v) is 4.25. The van der Waals surface area contributed by atoms with E-state index in [4.69, 9.17) is 5.11 Å². The van der Waals surface area contributed by atoms with Crippen molar-refractivity contribution in [3.8, 4) is 0 Å². The monoisotopic (exact) mass is 303 g/mol. The Morgan fingerprint density at radius 2 is 2.06 bits per heavy atom. The summed E-state index contributed by atoms with van der Waals surface area (Å²) in [4.78, 5) is 21.7. The number of para-hydroxylation sites is 1. The van der Waals surface area contributed by atoms with Crippen molar-refractivity contribution in [2.45, 2.75) is 19.3 Å². The Bertz CT molecular complexity index is 416. The molecule has 0 bridgehead atoms. The van der Waals surface area contributed by atoms with E-state index in [-0.39, 0.29) is 24.9 Å². The Hall–Kier alpha value is -1.43. The lowest BCUT2D eigenvalue weighted by atomic mass is 10.2. The van der Waals surface area contributed by atoms with Gasteiger partial charge in [0.05, 0.1) is 5.69 Å². The molecule has 0 saturated carbocycles. The number of hydrogen-bond donors (Lipinski definition) is 2. The van der Waals surface area contributed by atoms with Gasteiger partial charge in [0.15, 0.2) is 0 Å². The number of aliphatic carboxylic acids is 1. The van der Waals surface area contributed by atoms with Gasteiger partial charge in [-0.05, 0) is 34.5 Å². The zero-order valence-corrected chi connectivity index (χ0v) is 10.5. The number of carbonyl (C=O) groups is 2. The van der Waals surface area contributed by atoms with Crippen LogP contribution in [0.2, 0.25) is 0 Å². The minimum absolute atomic E-state index is 0.0487. The maximum Gasteiger partial charge on any atom is 0.303 e. The van der Waals surface area contributed by atoms with Crippen LogP contribution in [0.4, 0.5) is 10.1 Å². The Labute approximate surface area is 106 Å². The molecule has 0 heterocycles. The van der Waals surface area contributed by atoms with Crippen LogP contribution in [0.15, 0.2) is 22.7 Å². The van der Waals surface area contributed by atoms with E-state index in [0.29, 0.717) is 4.47 Å². The van der Waals surface area contributed by atoms with Crippen molar-refractivity contribution in [3.05, 3.63) is 28.5 Å². The third-order valence-corrected chi connectivity index (χ3v) is 2.68. The lowest BCUT2D eigenvalue weighted by Gasteiger charge is -2.07. The van der Waals surface area contributed by atoms with E-state index in [1.54, 1.807) is 6.07 Å². The number of hydrogen-bond acceptors (Lipinski definition) is 2. The van der Waals surface area contributed by atoms with Gasteiger partial charge in [0.1, 0.15) is 5.82 Å². The molecular weight excluding hydrogens is 293 g/mol. The third kappa shape index (κ3) is 4.52. The summed E-state index contributed by atoms with van der Waals surface area (Å²) >= 11 is 3.12. The van der Waals surface area contributed by atoms with E-state index >= 15 is 0 Å². The largest absolute Gasteiger partial charge is 0.481 e. The number of benzene rings is 1. The summed E-state index contributed by atoms with van der Waals surface area (Å²) in [5, 5.41) is 10.8. The van der Waals surface area contributed by atoms with Crippen LogP contribution >= 0.6 is 15.9 Å². The number of rotatable bonds is 5. The second-order valence-electron chi connectivity index (χ2n) is 3.39. The molecule has 0 saturated heterocycles. The van der Waals surface area contributed by atoms with Crippen LogP contribution in [0.3, 0.4) is 0 Å². The van der Waals surface area contributed by atoms with E-state index in [1.165, 1.54) is 12.1 Å². The predicted octanol–water partition coefficient (Wildman–Crippen LogP) is 2.78. The molecule has 6 heteroatoms. The summed E-state index contributed by atoms with van der Waals surface area (Å²) < 4.78 is 13.8. The van der Waals surface area contributed by atoms with Crippen molar-refractivity contribution in [1.29, 1.82) is 0 Å². The molecule has 1 amide bonds. The molecule has 1 aromatic rings. The normalized spacial score (nSPS) is 10.0. The molecule has 0 spiro atoms. The molecule has 0 unspecified atom stereocenters. The zero-order chi connectivity index (χ0) is 12.8. The summed E-state index contributed by atoms with van der Waals surface area (Å²) in [6, 6.07) is 4.35. The first kappa shape index (κ1) is 13.6. The molecule has 1 rings (SSSR count). The highest BCUT2D eigenvalue weighted by Gasteiger charge is 2.10. The Morgan fingerprint density at radius 3 is 2.65 bits per heavy atom. The van der Waals surface area contributed by atoms with Gasteiger partial charge in [-0.15, -0.1) is 0 Å². The fourth-order valence-corrected chi connectivity index (χ4v) is 1.66. The molecule has 92 valence electrons. The van der Waals surface area contributed by atoms with Gasteiger partial charge in [0.2, 0.25) is 5.91 Å². The summed E-state index contributed by atoms with van der Waals surface area (Å²) in [7, 11) is 0. The summed E-state index contributed by atoms with van der Waals surface area (Å²) in [6.07, 6.45) is 0.201. The van der Waals surface area contributed by atoms with Crippen molar-refractivity contribution in [3.63, 3.8) is 0 Å². The number of carboxylic acids is 1. The molecule has 4 nitrogen and oxygen atoms in total. The van der Waals surface area contributed by atoms with Gasteiger partial charge in [-0.1, -0.05) is 6.07 Å². The molecular formula is C11H11BrFNO3. The maximum atomic E-state index is 13.3. The van der Waals surface area contributed by atoms with Crippen LogP contribution in [0, 0.1) is 5.82 Å². The molecule has 0 radical (unpaired) electrons. The minimum Gasteiger partial charge on any atom is -0.481 e. The number of carbonyl (C=O) groups excluding carboxylic acids is 1. The number of amides is 1. The molecule has 0 atom stereocenters. The van der Waals surface area contributed by atoms with Crippen LogP contribution in [0.25, 0.3) is 0 Å². The van der Waals surface area contributed by atoms with Crippen molar-refractivity contribution >= 4 is 33.5 Å². The van der Waals surface area contributed by atoms with Crippen molar-refractivity contribution < 1.29 is 19.1 Å². The van der Waals surface area contributed by atoms with Gasteiger partial charge in [-0.2, -0.15) is 0 Å². The van der Waals surface area contributed by atoms with E-state index in [9.17, 15) is 14.0 Å². The molecule has 17 heavy (non-hydrogen) atoms. The summed E-state index contributed by atoms with van der Waals surface area (Å²) in [5.74, 6) is -1.90. The van der Waals surface area contributed by atoms with Gasteiger partial charge in [0, 0.05) is 17.3 Å². The maximum absolute atomic E-state index is 13.3. The highest BCUT2D eigenvalue weighted by atomic mass is 79.9. The second kappa shape index (κ2) is 6.34. The first-order valence-electron chi connectivity index (χ1n) is 4.96. The summed E-state index contributed by atoms with van der Waals surface area (Å²) in [6.45, 7) is 0. The average Bonchev–Trinajstić information content (AvgIpc) is 2.23. The van der Waals surface area contributed by atoms with Crippen LogP contribution in [0.1, 0.15) is 19.3 Å². The molecule has 0 aliphatic carbocycles. The molecule has 0 aliphatic rings. The number of anilines is 1. The predicted molar refractivity (Wildman–Crippen MR) is 64.2 cm³/mol. The van der Waals surface area contributed by atoms with Gasteiger partial charge < -0.3 is 10.4 Å². The van der Waals surface area contributed by atoms with E-state index in [2.05, 4.69) is 21.2 Å². The molecule has 2 N–H and O–H groups in total. The van der Waals surface area contributed by atoms with Crippen LogP contribution in [-0.4, -0.2) is 17.0 Å². The first-order chi connectivity index (χ1) is 8.00. The lowest BCUT2D eigenvalue weighted by Crippen LogP contribution is -2.13. The van der Waals surface area contributed by atoms with Crippen LogP contribution < -0.4 is 5.32 Å². The zero-order valence-electron chi connectivity index (χ0n) is 8.87. The highest BCUT2D eigenvalue weighted by Crippen LogP contribution is 2.25. The third-order valence-electron chi connectivity index (χ3n) is 2.02. The molecule has 0 aliphatic heterocycles. The quantitative estimate of drug-likeness (QED) is 0.879. The Kier molecular flexibility index (Phi) is 5.09. The standard InChI is InChI=1S/C11H11BrFNO3/c12-7-3-1-4-8(13)11(7)14-9(15)5-2-6-10(16)17/h1,3-4H,2,5-6H2,(H,14,15)(H,16,17). The van der Waals surface area contributed by atoms with Gasteiger partial charge >= 0.3 is 5.97 Å². The van der Waals surface area contributed by atoms with Crippen LogP contribution in [0.5, 0.6) is 0 Å².